The van der Waals surface area contributed by atoms with Crippen LogP contribution in [0.3, 0.4) is 0 Å². The minimum absolute atomic E-state index is 0.0539. The van der Waals surface area contributed by atoms with E-state index in [-0.39, 0.29) is 24.5 Å². The van der Waals surface area contributed by atoms with Gasteiger partial charge in [0.05, 0.1) is 0 Å². The van der Waals surface area contributed by atoms with Crippen LogP contribution < -0.4 is 9.64 Å². The Morgan fingerprint density at radius 3 is 2.21 bits per heavy atom. The molecule has 0 spiro atoms. The lowest BCUT2D eigenvalue weighted by Gasteiger charge is -2.41. The largest absolute Gasteiger partial charge is 0.490 e. The molecule has 0 radical (unpaired) electrons. The summed E-state index contributed by atoms with van der Waals surface area (Å²) in [7, 11) is 0. The Kier molecular flexibility index (Phi) is 6.86. The molecule has 2 heterocycles. The van der Waals surface area contributed by atoms with Crippen molar-refractivity contribution in [3.63, 3.8) is 0 Å². The number of rotatable bonds is 6. The van der Waals surface area contributed by atoms with Crippen LogP contribution in [0.5, 0.6) is 5.75 Å². The van der Waals surface area contributed by atoms with Crippen molar-refractivity contribution >= 4 is 17.5 Å². The van der Waals surface area contributed by atoms with Gasteiger partial charge in [0.25, 0.3) is 5.91 Å². The summed E-state index contributed by atoms with van der Waals surface area (Å²) in [6, 6.07) is 16.3. The maximum absolute atomic E-state index is 12.9. The lowest BCUT2D eigenvalue weighted by atomic mass is 9.90. The summed E-state index contributed by atoms with van der Waals surface area (Å²) < 4.78 is 6.24. The lowest BCUT2D eigenvalue weighted by molar-refractivity contribution is -0.120. The van der Waals surface area contributed by atoms with Gasteiger partial charge in [-0.3, -0.25) is 9.59 Å². The lowest BCUT2D eigenvalue weighted by Crippen LogP contribution is -2.52. The fourth-order valence-electron chi connectivity index (χ4n) is 5.19. The van der Waals surface area contributed by atoms with E-state index in [2.05, 4.69) is 11.8 Å². The molecule has 2 saturated heterocycles. The number of aryl methyl sites for hydroxylation is 1. The number of carbonyl (C=O) groups excluding carboxylic acids is 2. The van der Waals surface area contributed by atoms with Crippen LogP contribution in [-0.4, -0.2) is 66.5 Å². The molecule has 0 aromatic heterocycles. The first-order chi connectivity index (χ1) is 16.6. The Bertz CT molecular complexity index is 993. The van der Waals surface area contributed by atoms with Gasteiger partial charge in [-0.15, -0.1) is 0 Å². The highest BCUT2D eigenvalue weighted by Gasteiger charge is 2.30. The van der Waals surface area contributed by atoms with Gasteiger partial charge in [-0.25, -0.2) is 0 Å². The van der Waals surface area contributed by atoms with Crippen LogP contribution in [0, 0.1) is 0 Å². The summed E-state index contributed by atoms with van der Waals surface area (Å²) in [5, 5.41) is 0. The molecule has 2 aromatic rings. The first-order valence-electron chi connectivity index (χ1n) is 12.8. The molecule has 0 N–H and O–H groups in total. The van der Waals surface area contributed by atoms with E-state index in [1.165, 1.54) is 24.8 Å². The maximum Gasteiger partial charge on any atom is 0.254 e. The van der Waals surface area contributed by atoms with Crippen LogP contribution in [0.25, 0.3) is 0 Å². The van der Waals surface area contributed by atoms with Crippen LogP contribution in [-0.2, 0) is 11.2 Å². The third-order valence-electron chi connectivity index (χ3n) is 7.64. The van der Waals surface area contributed by atoms with Crippen molar-refractivity contribution in [3.8, 4) is 5.75 Å². The van der Waals surface area contributed by atoms with Crippen LogP contribution in [0.4, 0.5) is 5.69 Å². The summed E-state index contributed by atoms with van der Waals surface area (Å²) in [6.45, 7) is 5.48. The summed E-state index contributed by atoms with van der Waals surface area (Å²) in [5.41, 5.74) is 2.69. The number of benzene rings is 2. The molecule has 34 heavy (non-hydrogen) atoms. The van der Waals surface area contributed by atoms with Crippen molar-refractivity contribution in [2.45, 2.75) is 57.6 Å². The molecule has 2 aromatic carbocycles. The van der Waals surface area contributed by atoms with Gasteiger partial charge in [-0.1, -0.05) is 25.5 Å². The molecule has 5 rings (SSSR count). The fraction of sp³-hybridized carbons (Fsp3) is 0.500. The van der Waals surface area contributed by atoms with E-state index in [9.17, 15) is 9.59 Å². The van der Waals surface area contributed by atoms with Crippen LogP contribution >= 0.6 is 0 Å². The fourth-order valence-corrected chi connectivity index (χ4v) is 5.19. The Hall–Kier alpha value is -2.86. The highest BCUT2D eigenvalue weighted by Crippen LogP contribution is 2.29. The minimum Gasteiger partial charge on any atom is -0.490 e. The second kappa shape index (κ2) is 10.2. The standard InChI is InChI=1S/C28H35N3O3/c1-2-21-6-8-22(9-7-21)28(33)30-18-19-31(27(32)20-30)24-10-12-25(13-11-24)34-26-14-16-29(17-15-26)23-4-3-5-23/h6-13,23,26H,2-5,14-20H2,1H3. The highest BCUT2D eigenvalue weighted by atomic mass is 16.5. The number of carbonyl (C=O) groups is 2. The normalized spacial score (nSPS) is 20.3. The molecule has 1 aliphatic carbocycles. The van der Waals surface area contributed by atoms with Gasteiger partial charge in [0.2, 0.25) is 5.91 Å². The van der Waals surface area contributed by atoms with Gasteiger partial charge in [-0.2, -0.15) is 0 Å². The smallest absolute Gasteiger partial charge is 0.254 e. The first kappa shape index (κ1) is 22.9. The number of amides is 2. The van der Waals surface area contributed by atoms with E-state index >= 15 is 0 Å². The van der Waals surface area contributed by atoms with Crippen LogP contribution in [0.15, 0.2) is 48.5 Å². The minimum atomic E-state index is -0.0808. The van der Waals surface area contributed by atoms with Crippen molar-refractivity contribution in [3.05, 3.63) is 59.7 Å². The predicted molar refractivity (Wildman–Crippen MR) is 133 cm³/mol. The molecule has 3 aliphatic rings. The Labute approximate surface area is 202 Å². The third-order valence-corrected chi connectivity index (χ3v) is 7.64. The van der Waals surface area contributed by atoms with Crippen molar-refractivity contribution in [1.29, 1.82) is 0 Å². The van der Waals surface area contributed by atoms with E-state index in [0.29, 0.717) is 18.7 Å². The number of anilines is 1. The molecule has 0 bridgehead atoms. The molecule has 0 unspecified atom stereocenters. The summed E-state index contributed by atoms with van der Waals surface area (Å²) >= 11 is 0. The van der Waals surface area contributed by atoms with E-state index in [1.54, 1.807) is 9.80 Å². The second-order valence-electron chi connectivity index (χ2n) is 9.75. The second-order valence-corrected chi connectivity index (χ2v) is 9.75. The number of piperidine rings is 1. The zero-order chi connectivity index (χ0) is 23.5. The Morgan fingerprint density at radius 1 is 0.912 bits per heavy atom. The zero-order valence-corrected chi connectivity index (χ0v) is 20.1. The maximum atomic E-state index is 12.9. The number of hydrogen-bond acceptors (Lipinski definition) is 4. The van der Waals surface area contributed by atoms with Crippen LogP contribution in [0.2, 0.25) is 0 Å². The molecule has 1 saturated carbocycles. The van der Waals surface area contributed by atoms with Crippen molar-refractivity contribution in [2.24, 2.45) is 0 Å². The topological polar surface area (TPSA) is 53.1 Å². The van der Waals surface area contributed by atoms with E-state index in [1.807, 2.05) is 48.5 Å². The van der Waals surface area contributed by atoms with E-state index in [0.717, 1.165) is 49.8 Å². The van der Waals surface area contributed by atoms with Crippen molar-refractivity contribution in [1.82, 2.24) is 9.80 Å². The third kappa shape index (κ3) is 4.97. The van der Waals surface area contributed by atoms with Crippen LogP contribution in [0.1, 0.15) is 54.9 Å². The summed E-state index contributed by atoms with van der Waals surface area (Å²) in [4.78, 5) is 31.7. The van der Waals surface area contributed by atoms with Gasteiger partial charge in [0.15, 0.2) is 0 Å². The Balaban J connectivity index is 1.13. The monoisotopic (exact) mass is 461 g/mol. The van der Waals surface area contributed by atoms with Gasteiger partial charge < -0.3 is 19.4 Å². The number of likely N-dealkylation sites (tertiary alicyclic amines) is 1. The molecular weight excluding hydrogens is 426 g/mol. The molecular formula is C28H35N3O3. The molecule has 180 valence electrons. The van der Waals surface area contributed by atoms with Crippen molar-refractivity contribution in [2.75, 3.05) is 37.6 Å². The number of hydrogen-bond donors (Lipinski definition) is 0. The van der Waals surface area contributed by atoms with Gasteiger partial charge in [-0.05, 0) is 74.1 Å². The summed E-state index contributed by atoms with van der Waals surface area (Å²) in [6.07, 6.45) is 7.47. The van der Waals surface area contributed by atoms with E-state index in [4.69, 9.17) is 4.74 Å². The van der Waals surface area contributed by atoms with Gasteiger partial charge >= 0.3 is 0 Å². The average Bonchev–Trinajstić information content (AvgIpc) is 2.84. The number of ether oxygens (including phenoxy) is 1. The van der Waals surface area contributed by atoms with Gasteiger partial charge in [0.1, 0.15) is 18.4 Å². The molecule has 6 nitrogen and oxygen atoms in total. The predicted octanol–water partition coefficient (Wildman–Crippen LogP) is 4.13. The summed E-state index contributed by atoms with van der Waals surface area (Å²) in [5.74, 6) is 0.729. The first-order valence-corrected chi connectivity index (χ1v) is 12.8. The van der Waals surface area contributed by atoms with Gasteiger partial charge in [0, 0.05) is 43.5 Å². The van der Waals surface area contributed by atoms with Crippen molar-refractivity contribution < 1.29 is 14.3 Å². The molecule has 2 amide bonds. The SMILES string of the molecule is CCc1ccc(C(=O)N2CCN(c3ccc(OC4CCN(C5CCC5)CC4)cc3)C(=O)C2)cc1. The number of piperazine rings is 1. The Morgan fingerprint density at radius 2 is 1.62 bits per heavy atom. The average molecular weight is 462 g/mol. The number of nitrogens with zero attached hydrogens (tertiary/aromatic N) is 3. The molecule has 0 atom stereocenters. The van der Waals surface area contributed by atoms with E-state index < -0.39 is 0 Å². The molecule has 3 fully saturated rings. The molecule has 2 aliphatic heterocycles. The molecule has 6 heteroatoms. The quantitative estimate of drug-likeness (QED) is 0.649. The highest BCUT2D eigenvalue weighted by molar-refractivity contribution is 6.01. The zero-order valence-electron chi connectivity index (χ0n) is 20.1.